The average molecular weight is 424 g/mol. The second-order valence-electron chi connectivity index (χ2n) is 9.30. The number of nitrogens with zero attached hydrogens (tertiary/aromatic N) is 4. The second kappa shape index (κ2) is 8.05. The van der Waals surface area contributed by atoms with Gasteiger partial charge in [-0.15, -0.1) is 0 Å². The zero-order chi connectivity index (χ0) is 21.5. The Bertz CT molecular complexity index is 1030. The molecule has 3 fully saturated rings. The standard InChI is InChI=1S/C23H29N5O3/c1-14(29)21-17-8-5-9-24-22(17)27(26-21)13-20(30)28-18-10-16(18)11-19(28)23(31)25-12-15-6-3-2-4-7-15/h5,8-9,15-16,18-19H,2-4,6-7,10-13H2,1H3,(H,25,31)/t16-,18-,19+/m1/s1. The maximum absolute atomic E-state index is 13.3. The highest BCUT2D eigenvalue weighted by Gasteiger charge is 2.56. The number of rotatable bonds is 6. The molecule has 1 saturated heterocycles. The number of nitrogens with one attached hydrogen (secondary N) is 1. The molecule has 31 heavy (non-hydrogen) atoms. The van der Waals surface area contributed by atoms with Crippen molar-refractivity contribution >= 4 is 28.6 Å². The van der Waals surface area contributed by atoms with Crippen LogP contribution in [0.15, 0.2) is 18.3 Å². The molecular weight excluding hydrogens is 394 g/mol. The van der Waals surface area contributed by atoms with Crippen LogP contribution in [0.2, 0.25) is 0 Å². The van der Waals surface area contributed by atoms with Gasteiger partial charge in [0.1, 0.15) is 18.3 Å². The second-order valence-corrected chi connectivity index (χ2v) is 9.30. The summed E-state index contributed by atoms with van der Waals surface area (Å²) in [6.45, 7) is 2.15. The number of likely N-dealkylation sites (tertiary alicyclic amines) is 1. The number of aromatic nitrogens is 3. The van der Waals surface area contributed by atoms with Crippen LogP contribution in [0.4, 0.5) is 0 Å². The van der Waals surface area contributed by atoms with Crippen molar-refractivity contribution in [2.24, 2.45) is 11.8 Å². The van der Waals surface area contributed by atoms with E-state index in [0.29, 0.717) is 35.1 Å². The van der Waals surface area contributed by atoms with Crippen molar-refractivity contribution in [3.63, 3.8) is 0 Å². The van der Waals surface area contributed by atoms with Gasteiger partial charge in [0, 0.05) is 25.7 Å². The third-order valence-corrected chi connectivity index (χ3v) is 7.11. The third kappa shape index (κ3) is 3.83. The molecule has 3 atom stereocenters. The Balaban J connectivity index is 1.30. The fourth-order valence-electron chi connectivity index (χ4n) is 5.39. The topological polar surface area (TPSA) is 97.2 Å². The van der Waals surface area contributed by atoms with Crippen LogP contribution in [0.1, 0.15) is 62.4 Å². The number of carbonyl (C=O) groups excluding carboxylic acids is 3. The molecule has 3 aliphatic rings. The molecule has 0 unspecified atom stereocenters. The van der Waals surface area contributed by atoms with Crippen LogP contribution in [0.3, 0.4) is 0 Å². The van der Waals surface area contributed by atoms with E-state index < -0.39 is 6.04 Å². The molecule has 2 aliphatic carbocycles. The van der Waals surface area contributed by atoms with E-state index in [1.165, 1.54) is 43.7 Å². The Morgan fingerprint density at radius 2 is 1.97 bits per heavy atom. The van der Waals surface area contributed by atoms with Crippen LogP contribution in [0.5, 0.6) is 0 Å². The molecule has 0 bridgehead atoms. The summed E-state index contributed by atoms with van der Waals surface area (Å²) in [6.07, 6.45) is 9.47. The summed E-state index contributed by atoms with van der Waals surface area (Å²) in [4.78, 5) is 44.3. The lowest BCUT2D eigenvalue weighted by Gasteiger charge is -2.28. The minimum atomic E-state index is -0.401. The molecule has 2 aromatic heterocycles. The molecule has 2 aromatic rings. The Morgan fingerprint density at radius 3 is 2.74 bits per heavy atom. The molecule has 0 aromatic carbocycles. The quantitative estimate of drug-likeness (QED) is 0.719. The number of ketones is 1. The maximum Gasteiger partial charge on any atom is 0.245 e. The maximum atomic E-state index is 13.3. The number of Topliss-reactive ketones (excluding diaryl/α,β-unsaturated/α-hetero) is 1. The molecule has 0 spiro atoms. The van der Waals surface area contributed by atoms with Gasteiger partial charge in [0.2, 0.25) is 11.8 Å². The molecule has 1 aliphatic heterocycles. The first-order valence-corrected chi connectivity index (χ1v) is 11.4. The Hall–Kier alpha value is -2.77. The Morgan fingerprint density at radius 1 is 1.16 bits per heavy atom. The van der Waals surface area contributed by atoms with Crippen molar-refractivity contribution in [1.29, 1.82) is 0 Å². The van der Waals surface area contributed by atoms with Crippen LogP contribution in [0, 0.1) is 11.8 Å². The fraction of sp³-hybridized carbons (Fsp3) is 0.609. The van der Waals surface area contributed by atoms with E-state index >= 15 is 0 Å². The van der Waals surface area contributed by atoms with Crippen molar-refractivity contribution in [2.45, 2.75) is 70.5 Å². The SMILES string of the molecule is CC(=O)c1nn(CC(=O)N2[C@@H]3C[C@@H]3C[C@H]2C(=O)NCC2CCCCC2)c2ncccc12. The first kappa shape index (κ1) is 20.2. The van der Waals surface area contributed by atoms with Gasteiger partial charge in [-0.1, -0.05) is 19.3 Å². The van der Waals surface area contributed by atoms with E-state index in [2.05, 4.69) is 15.4 Å². The van der Waals surface area contributed by atoms with Gasteiger partial charge >= 0.3 is 0 Å². The van der Waals surface area contributed by atoms with Gasteiger partial charge in [-0.25, -0.2) is 9.67 Å². The van der Waals surface area contributed by atoms with Gasteiger partial charge in [-0.05, 0) is 49.7 Å². The largest absolute Gasteiger partial charge is 0.354 e. The summed E-state index contributed by atoms with van der Waals surface area (Å²) in [7, 11) is 0. The van der Waals surface area contributed by atoms with E-state index in [0.717, 1.165) is 12.8 Å². The summed E-state index contributed by atoms with van der Waals surface area (Å²) in [5, 5.41) is 8.13. The van der Waals surface area contributed by atoms with Gasteiger partial charge < -0.3 is 10.2 Å². The number of amides is 2. The lowest BCUT2D eigenvalue weighted by molar-refractivity contribution is -0.140. The number of hydrogen-bond acceptors (Lipinski definition) is 5. The van der Waals surface area contributed by atoms with Crippen LogP contribution in [-0.4, -0.2) is 55.9 Å². The molecule has 8 heteroatoms. The van der Waals surface area contributed by atoms with Crippen LogP contribution >= 0.6 is 0 Å². The number of piperidine rings is 1. The smallest absolute Gasteiger partial charge is 0.245 e. The summed E-state index contributed by atoms with van der Waals surface area (Å²) >= 11 is 0. The van der Waals surface area contributed by atoms with Crippen LogP contribution < -0.4 is 5.32 Å². The lowest BCUT2D eigenvalue weighted by Crippen LogP contribution is -2.49. The monoisotopic (exact) mass is 423 g/mol. The molecular formula is C23H29N5O3. The summed E-state index contributed by atoms with van der Waals surface area (Å²) in [5.74, 6) is 0.665. The number of pyridine rings is 1. The number of hydrogen-bond donors (Lipinski definition) is 1. The Kier molecular flexibility index (Phi) is 5.24. The average Bonchev–Trinajstić information content (AvgIpc) is 3.28. The predicted molar refractivity (Wildman–Crippen MR) is 114 cm³/mol. The van der Waals surface area contributed by atoms with Crippen molar-refractivity contribution in [2.75, 3.05) is 6.54 Å². The minimum absolute atomic E-state index is 0.0174. The van der Waals surface area contributed by atoms with Crippen molar-refractivity contribution in [3.8, 4) is 0 Å². The van der Waals surface area contributed by atoms with E-state index in [4.69, 9.17) is 0 Å². The molecule has 3 heterocycles. The van der Waals surface area contributed by atoms with Crippen molar-refractivity contribution in [3.05, 3.63) is 24.0 Å². The van der Waals surface area contributed by atoms with E-state index in [-0.39, 0.29) is 30.2 Å². The summed E-state index contributed by atoms with van der Waals surface area (Å²) in [6, 6.07) is 3.30. The molecule has 164 valence electrons. The highest BCUT2D eigenvalue weighted by atomic mass is 16.2. The van der Waals surface area contributed by atoms with E-state index in [9.17, 15) is 14.4 Å². The lowest BCUT2D eigenvalue weighted by atomic mass is 9.89. The first-order valence-electron chi connectivity index (χ1n) is 11.4. The first-order chi connectivity index (χ1) is 15.0. The van der Waals surface area contributed by atoms with Crippen molar-refractivity contribution < 1.29 is 14.4 Å². The summed E-state index contributed by atoms with van der Waals surface area (Å²) in [5.41, 5.74) is 0.842. The molecule has 0 radical (unpaired) electrons. The highest BCUT2D eigenvalue weighted by Crippen LogP contribution is 2.48. The zero-order valence-corrected chi connectivity index (χ0v) is 17.9. The van der Waals surface area contributed by atoms with Crippen LogP contribution in [-0.2, 0) is 16.1 Å². The summed E-state index contributed by atoms with van der Waals surface area (Å²) < 4.78 is 1.50. The van der Waals surface area contributed by atoms with Gasteiger partial charge in [0.15, 0.2) is 11.4 Å². The minimum Gasteiger partial charge on any atom is -0.354 e. The number of fused-ring (bicyclic) bond motifs is 2. The van der Waals surface area contributed by atoms with Crippen LogP contribution in [0.25, 0.3) is 11.0 Å². The normalized spacial score (nSPS) is 25.5. The fourth-order valence-corrected chi connectivity index (χ4v) is 5.39. The highest BCUT2D eigenvalue weighted by molar-refractivity contribution is 6.04. The van der Waals surface area contributed by atoms with Gasteiger partial charge in [-0.2, -0.15) is 5.10 Å². The van der Waals surface area contributed by atoms with Crippen molar-refractivity contribution in [1.82, 2.24) is 25.0 Å². The number of carbonyl (C=O) groups is 3. The zero-order valence-electron chi connectivity index (χ0n) is 17.9. The van der Waals surface area contributed by atoms with E-state index in [1.54, 1.807) is 23.2 Å². The Labute approximate surface area is 181 Å². The molecule has 2 amide bonds. The van der Waals surface area contributed by atoms with E-state index in [1.807, 2.05) is 0 Å². The predicted octanol–water partition coefficient (Wildman–Crippen LogP) is 2.32. The van der Waals surface area contributed by atoms with Gasteiger partial charge in [0.05, 0.1) is 5.39 Å². The molecule has 2 saturated carbocycles. The molecule has 5 rings (SSSR count). The van der Waals surface area contributed by atoms with Gasteiger partial charge in [-0.3, -0.25) is 14.4 Å². The third-order valence-electron chi connectivity index (χ3n) is 7.11. The van der Waals surface area contributed by atoms with Gasteiger partial charge in [0.25, 0.3) is 0 Å². The molecule has 1 N–H and O–H groups in total. The molecule has 8 nitrogen and oxygen atoms in total.